The molecule has 1 aromatic heterocycles. The van der Waals surface area contributed by atoms with Gasteiger partial charge in [0.1, 0.15) is 11.6 Å². The maximum atomic E-state index is 13.3. The Hall–Kier alpha value is -3.22. The molecule has 0 fully saturated rings. The first-order valence-corrected chi connectivity index (χ1v) is 8.22. The molecule has 2 amide bonds. The van der Waals surface area contributed by atoms with Crippen LogP contribution in [0.3, 0.4) is 0 Å². The van der Waals surface area contributed by atoms with Gasteiger partial charge in [-0.05, 0) is 35.9 Å². The zero-order valence-electron chi connectivity index (χ0n) is 13.8. The second-order valence-corrected chi connectivity index (χ2v) is 6.10. The van der Waals surface area contributed by atoms with Gasteiger partial charge in [0.2, 0.25) is 0 Å². The van der Waals surface area contributed by atoms with Gasteiger partial charge < -0.3 is 10.2 Å². The number of amides is 2. The first-order chi connectivity index (χ1) is 12.6. The fraction of sp³-hybridized carbons (Fsp3) is 0.158. The Morgan fingerprint density at radius 1 is 1.04 bits per heavy atom. The molecule has 1 N–H and O–H groups in total. The van der Waals surface area contributed by atoms with E-state index < -0.39 is 5.82 Å². The van der Waals surface area contributed by atoms with E-state index in [0.29, 0.717) is 25.3 Å². The molecule has 4 rings (SSSR count). The minimum absolute atomic E-state index is 0.298. The van der Waals surface area contributed by atoms with Crippen LogP contribution in [0, 0.1) is 11.6 Å². The SMILES string of the molecule is O=C(Nc1cccc(F)c1)N1CCn2ncc(-c3ccc(F)cc3)c2C1. The van der Waals surface area contributed by atoms with Gasteiger partial charge in [-0.15, -0.1) is 0 Å². The van der Waals surface area contributed by atoms with Crippen LogP contribution in [0.2, 0.25) is 0 Å². The van der Waals surface area contributed by atoms with Gasteiger partial charge in [-0.25, -0.2) is 13.6 Å². The third kappa shape index (κ3) is 3.15. The molecule has 3 aromatic rings. The fourth-order valence-corrected chi connectivity index (χ4v) is 3.06. The van der Waals surface area contributed by atoms with Crippen LogP contribution in [0.15, 0.2) is 54.7 Å². The summed E-state index contributed by atoms with van der Waals surface area (Å²) < 4.78 is 28.3. The van der Waals surface area contributed by atoms with E-state index in [1.165, 1.54) is 24.3 Å². The standard InChI is InChI=1S/C19H16F2N4O/c20-14-6-4-13(5-7-14)17-11-22-25-9-8-24(12-18(17)25)19(26)23-16-3-1-2-15(21)10-16/h1-7,10-11H,8-9,12H2,(H,23,26). The molecule has 26 heavy (non-hydrogen) atoms. The monoisotopic (exact) mass is 354 g/mol. The van der Waals surface area contributed by atoms with Crippen LogP contribution in [0.1, 0.15) is 5.69 Å². The lowest BCUT2D eigenvalue weighted by Crippen LogP contribution is -2.41. The summed E-state index contributed by atoms with van der Waals surface area (Å²) in [4.78, 5) is 14.2. The minimum atomic E-state index is -0.405. The second-order valence-electron chi connectivity index (χ2n) is 6.10. The summed E-state index contributed by atoms with van der Waals surface area (Å²) in [6.07, 6.45) is 1.73. The summed E-state index contributed by atoms with van der Waals surface area (Å²) in [5.74, 6) is -0.705. The number of nitrogens with zero attached hydrogens (tertiary/aromatic N) is 3. The second kappa shape index (κ2) is 6.59. The minimum Gasteiger partial charge on any atom is -0.317 e. The summed E-state index contributed by atoms with van der Waals surface area (Å²) in [6.45, 7) is 1.43. The first kappa shape index (κ1) is 16.3. The molecule has 0 bridgehead atoms. The van der Waals surface area contributed by atoms with Crippen molar-refractivity contribution in [1.82, 2.24) is 14.7 Å². The van der Waals surface area contributed by atoms with E-state index in [-0.39, 0.29) is 11.8 Å². The van der Waals surface area contributed by atoms with Crippen LogP contribution in [-0.4, -0.2) is 27.3 Å². The van der Waals surface area contributed by atoms with Crippen molar-refractivity contribution in [3.63, 3.8) is 0 Å². The summed E-state index contributed by atoms with van der Waals surface area (Å²) in [5.41, 5.74) is 3.01. The number of hydrogen-bond acceptors (Lipinski definition) is 2. The number of rotatable bonds is 2. The van der Waals surface area contributed by atoms with Crippen molar-refractivity contribution in [2.75, 3.05) is 11.9 Å². The van der Waals surface area contributed by atoms with Crippen molar-refractivity contribution < 1.29 is 13.6 Å². The Morgan fingerprint density at radius 2 is 1.85 bits per heavy atom. The zero-order chi connectivity index (χ0) is 18.1. The molecule has 1 aliphatic rings. The average Bonchev–Trinajstić information content (AvgIpc) is 3.05. The third-order valence-electron chi connectivity index (χ3n) is 4.39. The van der Waals surface area contributed by atoms with E-state index in [9.17, 15) is 13.6 Å². The molecule has 0 atom stereocenters. The number of benzene rings is 2. The van der Waals surface area contributed by atoms with E-state index in [1.807, 2.05) is 4.68 Å². The van der Waals surface area contributed by atoms with Crippen LogP contribution in [0.5, 0.6) is 0 Å². The molecular weight excluding hydrogens is 338 g/mol. The largest absolute Gasteiger partial charge is 0.322 e. The zero-order valence-corrected chi connectivity index (χ0v) is 13.8. The molecule has 0 saturated heterocycles. The number of carbonyl (C=O) groups is 1. The lowest BCUT2D eigenvalue weighted by atomic mass is 10.1. The highest BCUT2D eigenvalue weighted by Gasteiger charge is 2.24. The third-order valence-corrected chi connectivity index (χ3v) is 4.39. The van der Waals surface area contributed by atoms with E-state index in [4.69, 9.17) is 0 Å². The van der Waals surface area contributed by atoms with Crippen LogP contribution < -0.4 is 5.32 Å². The van der Waals surface area contributed by atoms with Crippen molar-refractivity contribution in [3.05, 3.63) is 72.1 Å². The first-order valence-electron chi connectivity index (χ1n) is 8.22. The molecular formula is C19H16F2N4O. The molecule has 0 unspecified atom stereocenters. The van der Waals surface area contributed by atoms with Gasteiger partial charge in [0.25, 0.3) is 0 Å². The predicted octanol–water partition coefficient (Wildman–Crippen LogP) is 3.88. The smallest absolute Gasteiger partial charge is 0.317 e. The molecule has 2 aromatic carbocycles. The molecule has 2 heterocycles. The van der Waals surface area contributed by atoms with Gasteiger partial charge >= 0.3 is 6.03 Å². The number of hydrogen-bond donors (Lipinski definition) is 1. The average molecular weight is 354 g/mol. The van der Waals surface area contributed by atoms with E-state index in [2.05, 4.69) is 10.4 Å². The quantitative estimate of drug-likeness (QED) is 0.759. The van der Waals surface area contributed by atoms with Crippen LogP contribution in [0.4, 0.5) is 19.3 Å². The molecule has 0 spiro atoms. The molecule has 132 valence electrons. The van der Waals surface area contributed by atoms with Crippen molar-refractivity contribution in [2.24, 2.45) is 0 Å². The molecule has 7 heteroatoms. The molecule has 0 aliphatic carbocycles. The van der Waals surface area contributed by atoms with Gasteiger partial charge in [-0.2, -0.15) is 5.10 Å². The van der Waals surface area contributed by atoms with E-state index >= 15 is 0 Å². The molecule has 0 saturated carbocycles. The number of carbonyl (C=O) groups excluding carboxylic acids is 1. The maximum absolute atomic E-state index is 13.3. The summed E-state index contributed by atoms with van der Waals surface area (Å²) in [6, 6.07) is 11.7. The Bertz CT molecular complexity index is 952. The number of urea groups is 1. The Labute approximate surface area is 148 Å². The molecule has 0 radical (unpaired) electrons. The number of anilines is 1. The lowest BCUT2D eigenvalue weighted by molar-refractivity contribution is 0.194. The number of fused-ring (bicyclic) bond motifs is 1. The van der Waals surface area contributed by atoms with E-state index in [0.717, 1.165) is 16.8 Å². The highest BCUT2D eigenvalue weighted by molar-refractivity contribution is 5.89. The molecule has 1 aliphatic heterocycles. The number of aromatic nitrogens is 2. The Kier molecular flexibility index (Phi) is 4.12. The van der Waals surface area contributed by atoms with Gasteiger partial charge in [0.15, 0.2) is 0 Å². The Balaban J connectivity index is 1.54. The lowest BCUT2D eigenvalue weighted by Gasteiger charge is -2.28. The van der Waals surface area contributed by atoms with Crippen molar-refractivity contribution in [3.8, 4) is 11.1 Å². The number of halogens is 2. The van der Waals surface area contributed by atoms with Crippen molar-refractivity contribution >= 4 is 11.7 Å². The van der Waals surface area contributed by atoms with Crippen molar-refractivity contribution in [2.45, 2.75) is 13.1 Å². The van der Waals surface area contributed by atoms with Gasteiger partial charge in [-0.3, -0.25) is 4.68 Å². The molecule has 5 nitrogen and oxygen atoms in total. The van der Waals surface area contributed by atoms with E-state index in [1.54, 1.807) is 35.4 Å². The summed E-state index contributed by atoms with van der Waals surface area (Å²) in [5, 5.41) is 7.07. The highest BCUT2D eigenvalue weighted by atomic mass is 19.1. The van der Waals surface area contributed by atoms with Crippen LogP contribution in [0.25, 0.3) is 11.1 Å². The Morgan fingerprint density at radius 3 is 2.62 bits per heavy atom. The predicted molar refractivity (Wildman–Crippen MR) is 93.4 cm³/mol. The van der Waals surface area contributed by atoms with Crippen molar-refractivity contribution in [1.29, 1.82) is 0 Å². The number of nitrogens with one attached hydrogen (secondary N) is 1. The topological polar surface area (TPSA) is 50.2 Å². The van der Waals surface area contributed by atoms with Crippen LogP contribution in [-0.2, 0) is 13.1 Å². The fourth-order valence-electron chi connectivity index (χ4n) is 3.06. The van der Waals surface area contributed by atoms with Gasteiger partial charge in [-0.1, -0.05) is 18.2 Å². The normalized spacial score (nSPS) is 13.4. The van der Waals surface area contributed by atoms with Gasteiger partial charge in [0, 0.05) is 17.8 Å². The summed E-state index contributed by atoms with van der Waals surface area (Å²) >= 11 is 0. The van der Waals surface area contributed by atoms with Crippen LogP contribution >= 0.6 is 0 Å². The summed E-state index contributed by atoms with van der Waals surface area (Å²) in [7, 11) is 0. The maximum Gasteiger partial charge on any atom is 0.322 e. The highest BCUT2D eigenvalue weighted by Crippen LogP contribution is 2.27. The van der Waals surface area contributed by atoms with Gasteiger partial charge in [0.05, 0.1) is 25.0 Å².